The Hall–Kier alpha value is -1.06. The molecular formula is C15H24N2O. The fourth-order valence-corrected chi connectivity index (χ4v) is 2.56. The second kappa shape index (κ2) is 6.76. The molecule has 1 atom stereocenters. The summed E-state index contributed by atoms with van der Waals surface area (Å²) in [6.07, 6.45) is 4.06. The molecule has 1 heterocycles. The predicted molar refractivity (Wildman–Crippen MR) is 74.7 cm³/mol. The van der Waals surface area contributed by atoms with E-state index in [4.69, 9.17) is 0 Å². The molecule has 1 saturated heterocycles. The van der Waals surface area contributed by atoms with Gasteiger partial charge in [-0.05, 0) is 38.9 Å². The largest absolute Gasteiger partial charge is 0.508 e. The highest BCUT2D eigenvalue weighted by atomic mass is 16.3. The number of benzene rings is 1. The molecule has 1 fully saturated rings. The van der Waals surface area contributed by atoms with Crippen molar-refractivity contribution in [3.63, 3.8) is 0 Å². The number of phenolic OH excluding ortho intramolecular Hbond substituents is 1. The SMILES string of the molecule is CC(CNCc1ccccc1O)N1CCCCC1. The fourth-order valence-electron chi connectivity index (χ4n) is 2.56. The van der Waals surface area contributed by atoms with Crippen LogP contribution in [0, 0.1) is 0 Å². The number of para-hydroxylation sites is 1. The van der Waals surface area contributed by atoms with Crippen molar-refractivity contribution in [3.05, 3.63) is 29.8 Å². The number of phenols is 1. The zero-order valence-electron chi connectivity index (χ0n) is 11.2. The lowest BCUT2D eigenvalue weighted by Gasteiger charge is -2.32. The molecule has 0 aromatic heterocycles. The molecule has 3 heteroatoms. The lowest BCUT2D eigenvalue weighted by molar-refractivity contribution is 0.170. The van der Waals surface area contributed by atoms with Gasteiger partial charge in [0, 0.05) is 24.7 Å². The Bertz CT molecular complexity index is 361. The topological polar surface area (TPSA) is 35.5 Å². The van der Waals surface area contributed by atoms with E-state index in [9.17, 15) is 5.11 Å². The van der Waals surface area contributed by atoms with E-state index in [2.05, 4.69) is 17.1 Å². The standard InChI is InChI=1S/C15H24N2O/c1-13(17-9-5-2-6-10-17)11-16-12-14-7-3-4-8-15(14)18/h3-4,7-8,13,16,18H,2,5-6,9-12H2,1H3. The monoisotopic (exact) mass is 248 g/mol. The van der Waals surface area contributed by atoms with Crippen molar-refractivity contribution >= 4 is 0 Å². The zero-order chi connectivity index (χ0) is 12.8. The molecular weight excluding hydrogens is 224 g/mol. The predicted octanol–water partition coefficient (Wildman–Crippen LogP) is 2.36. The molecule has 1 aliphatic heterocycles. The highest BCUT2D eigenvalue weighted by molar-refractivity contribution is 5.31. The maximum Gasteiger partial charge on any atom is 0.120 e. The normalized spacial score (nSPS) is 18.7. The van der Waals surface area contributed by atoms with Crippen LogP contribution in [0.5, 0.6) is 5.75 Å². The summed E-state index contributed by atoms with van der Waals surface area (Å²) in [5, 5.41) is 13.1. The Balaban J connectivity index is 1.73. The van der Waals surface area contributed by atoms with Gasteiger partial charge in [-0.25, -0.2) is 0 Å². The number of piperidine rings is 1. The number of hydrogen-bond donors (Lipinski definition) is 2. The summed E-state index contributed by atoms with van der Waals surface area (Å²) in [6, 6.07) is 8.11. The summed E-state index contributed by atoms with van der Waals surface area (Å²) in [7, 11) is 0. The van der Waals surface area contributed by atoms with Gasteiger partial charge in [0.1, 0.15) is 5.75 Å². The van der Waals surface area contributed by atoms with Gasteiger partial charge in [-0.15, -0.1) is 0 Å². The average molecular weight is 248 g/mol. The molecule has 1 aliphatic rings. The van der Waals surface area contributed by atoms with Gasteiger partial charge in [0.25, 0.3) is 0 Å². The number of aromatic hydroxyl groups is 1. The van der Waals surface area contributed by atoms with E-state index >= 15 is 0 Å². The summed E-state index contributed by atoms with van der Waals surface area (Å²) in [6.45, 7) is 6.47. The van der Waals surface area contributed by atoms with E-state index in [1.165, 1.54) is 32.4 Å². The van der Waals surface area contributed by atoms with Gasteiger partial charge in [0.05, 0.1) is 0 Å². The van der Waals surface area contributed by atoms with Crippen LogP contribution in [0.4, 0.5) is 0 Å². The summed E-state index contributed by atoms with van der Waals surface area (Å²) < 4.78 is 0. The van der Waals surface area contributed by atoms with Crippen molar-refractivity contribution in [2.45, 2.75) is 38.8 Å². The average Bonchev–Trinajstić information content (AvgIpc) is 2.42. The first-order valence-electron chi connectivity index (χ1n) is 6.99. The Morgan fingerprint density at radius 1 is 1.22 bits per heavy atom. The minimum absolute atomic E-state index is 0.385. The van der Waals surface area contributed by atoms with Gasteiger partial charge in [0.2, 0.25) is 0 Å². The molecule has 1 aromatic rings. The summed E-state index contributed by atoms with van der Waals surface area (Å²) in [4.78, 5) is 2.56. The van der Waals surface area contributed by atoms with Crippen molar-refractivity contribution in [2.75, 3.05) is 19.6 Å². The molecule has 0 bridgehead atoms. The van der Waals surface area contributed by atoms with E-state index in [-0.39, 0.29) is 0 Å². The Morgan fingerprint density at radius 2 is 1.94 bits per heavy atom. The van der Waals surface area contributed by atoms with E-state index in [1.807, 2.05) is 18.2 Å². The van der Waals surface area contributed by atoms with Gasteiger partial charge < -0.3 is 10.4 Å². The van der Waals surface area contributed by atoms with Gasteiger partial charge in [-0.3, -0.25) is 4.90 Å². The van der Waals surface area contributed by atoms with Gasteiger partial charge >= 0.3 is 0 Å². The van der Waals surface area contributed by atoms with Crippen molar-refractivity contribution < 1.29 is 5.11 Å². The maximum absolute atomic E-state index is 9.67. The number of hydrogen-bond acceptors (Lipinski definition) is 3. The quantitative estimate of drug-likeness (QED) is 0.839. The summed E-state index contributed by atoms with van der Waals surface area (Å²) >= 11 is 0. The van der Waals surface area contributed by atoms with Gasteiger partial charge in [0.15, 0.2) is 0 Å². The minimum Gasteiger partial charge on any atom is -0.508 e. The van der Waals surface area contributed by atoms with Crippen LogP contribution in [0.15, 0.2) is 24.3 Å². The molecule has 0 amide bonds. The number of nitrogens with one attached hydrogen (secondary N) is 1. The third-order valence-electron chi connectivity index (χ3n) is 3.76. The second-order valence-electron chi connectivity index (χ2n) is 5.21. The molecule has 1 aromatic carbocycles. The highest BCUT2D eigenvalue weighted by Crippen LogP contribution is 2.15. The number of rotatable bonds is 5. The van der Waals surface area contributed by atoms with Gasteiger partial charge in [-0.1, -0.05) is 24.6 Å². The smallest absolute Gasteiger partial charge is 0.120 e. The molecule has 0 saturated carbocycles. The Morgan fingerprint density at radius 3 is 2.67 bits per heavy atom. The van der Waals surface area contributed by atoms with Crippen LogP contribution in [-0.4, -0.2) is 35.7 Å². The minimum atomic E-state index is 0.385. The van der Waals surface area contributed by atoms with Crippen LogP contribution in [0.2, 0.25) is 0 Å². The first kappa shape index (κ1) is 13.4. The van der Waals surface area contributed by atoms with Crippen LogP contribution >= 0.6 is 0 Å². The summed E-state index contributed by atoms with van der Waals surface area (Å²) in [5.74, 6) is 0.385. The third-order valence-corrected chi connectivity index (χ3v) is 3.76. The molecule has 18 heavy (non-hydrogen) atoms. The molecule has 0 radical (unpaired) electrons. The van der Waals surface area contributed by atoms with Crippen LogP contribution in [-0.2, 0) is 6.54 Å². The summed E-state index contributed by atoms with van der Waals surface area (Å²) in [5.41, 5.74) is 0.975. The Kier molecular flexibility index (Phi) is 5.02. The lowest BCUT2D eigenvalue weighted by atomic mass is 10.1. The molecule has 100 valence electrons. The van der Waals surface area contributed by atoms with Crippen molar-refractivity contribution in [3.8, 4) is 5.75 Å². The molecule has 3 nitrogen and oxygen atoms in total. The third kappa shape index (κ3) is 3.72. The first-order chi connectivity index (χ1) is 8.77. The molecule has 0 spiro atoms. The van der Waals surface area contributed by atoms with Crippen LogP contribution in [0.25, 0.3) is 0 Å². The molecule has 2 rings (SSSR count). The highest BCUT2D eigenvalue weighted by Gasteiger charge is 2.15. The fraction of sp³-hybridized carbons (Fsp3) is 0.600. The van der Waals surface area contributed by atoms with Crippen LogP contribution < -0.4 is 5.32 Å². The van der Waals surface area contributed by atoms with Crippen LogP contribution in [0.3, 0.4) is 0 Å². The number of likely N-dealkylation sites (tertiary alicyclic amines) is 1. The van der Waals surface area contributed by atoms with Crippen molar-refractivity contribution in [1.29, 1.82) is 0 Å². The molecule has 2 N–H and O–H groups in total. The van der Waals surface area contributed by atoms with Crippen molar-refractivity contribution in [2.24, 2.45) is 0 Å². The van der Waals surface area contributed by atoms with E-state index in [0.29, 0.717) is 11.8 Å². The second-order valence-corrected chi connectivity index (χ2v) is 5.21. The van der Waals surface area contributed by atoms with E-state index in [1.54, 1.807) is 6.07 Å². The van der Waals surface area contributed by atoms with Crippen molar-refractivity contribution in [1.82, 2.24) is 10.2 Å². The molecule has 1 unspecified atom stereocenters. The first-order valence-corrected chi connectivity index (χ1v) is 6.99. The van der Waals surface area contributed by atoms with Gasteiger partial charge in [-0.2, -0.15) is 0 Å². The maximum atomic E-state index is 9.67. The lowest BCUT2D eigenvalue weighted by Crippen LogP contribution is -2.42. The Labute approximate surface area is 110 Å². The van der Waals surface area contributed by atoms with E-state index in [0.717, 1.165) is 18.7 Å². The number of nitrogens with zero attached hydrogens (tertiary/aromatic N) is 1. The zero-order valence-corrected chi connectivity index (χ0v) is 11.2. The molecule has 0 aliphatic carbocycles. The van der Waals surface area contributed by atoms with Crippen LogP contribution in [0.1, 0.15) is 31.7 Å². The van der Waals surface area contributed by atoms with E-state index < -0.39 is 0 Å².